The molecular weight excluding hydrogens is 266 g/mol. The zero-order chi connectivity index (χ0) is 14.3. The molecule has 1 heterocycles. The third-order valence-corrected chi connectivity index (χ3v) is 4.02. The van der Waals surface area contributed by atoms with E-state index < -0.39 is 11.4 Å². The molecule has 104 valence electrons. The van der Waals surface area contributed by atoms with Gasteiger partial charge in [0, 0.05) is 12.0 Å². The van der Waals surface area contributed by atoms with E-state index in [1.54, 1.807) is 0 Å². The number of carbonyl (C=O) groups excluding carboxylic acids is 1. The molecule has 1 aromatic heterocycles. The third-order valence-electron chi connectivity index (χ3n) is 3.30. The highest BCUT2D eigenvalue weighted by Gasteiger charge is 2.50. The molecular formula is C12H17N3O3S. The van der Waals surface area contributed by atoms with E-state index >= 15 is 0 Å². The van der Waals surface area contributed by atoms with Crippen LogP contribution in [0.4, 0.5) is 0 Å². The predicted molar refractivity (Wildman–Crippen MR) is 70.2 cm³/mol. The lowest BCUT2D eigenvalue weighted by Crippen LogP contribution is -2.34. The number of aliphatic carboxylic acids is 1. The first kappa shape index (κ1) is 13.9. The fourth-order valence-electron chi connectivity index (χ4n) is 1.78. The molecule has 0 spiro atoms. The molecule has 0 bridgehead atoms. The van der Waals surface area contributed by atoms with Crippen LogP contribution in [-0.2, 0) is 10.2 Å². The fraction of sp³-hybridized carbons (Fsp3) is 0.667. The summed E-state index contributed by atoms with van der Waals surface area (Å²) in [6.45, 7) is 6.04. The molecule has 1 saturated carbocycles. The molecule has 19 heavy (non-hydrogen) atoms. The minimum atomic E-state index is -0.841. The van der Waals surface area contributed by atoms with Crippen LogP contribution in [0.2, 0.25) is 0 Å². The zero-order valence-corrected chi connectivity index (χ0v) is 12.0. The van der Waals surface area contributed by atoms with Gasteiger partial charge in [0.05, 0.1) is 11.1 Å². The number of hydrogen-bond donors (Lipinski definition) is 2. The summed E-state index contributed by atoms with van der Waals surface area (Å²) in [7, 11) is 0. The summed E-state index contributed by atoms with van der Waals surface area (Å²) in [5.74, 6) is -1.13. The van der Waals surface area contributed by atoms with Crippen molar-refractivity contribution in [1.82, 2.24) is 14.9 Å². The van der Waals surface area contributed by atoms with E-state index in [2.05, 4.69) is 14.9 Å². The Morgan fingerprint density at radius 2 is 2.05 bits per heavy atom. The van der Waals surface area contributed by atoms with Crippen molar-refractivity contribution in [3.63, 3.8) is 0 Å². The van der Waals surface area contributed by atoms with Crippen LogP contribution in [0.3, 0.4) is 0 Å². The summed E-state index contributed by atoms with van der Waals surface area (Å²) < 4.78 is 3.82. The van der Waals surface area contributed by atoms with Crippen LogP contribution >= 0.6 is 11.5 Å². The second-order valence-corrected chi connectivity index (χ2v) is 6.72. The van der Waals surface area contributed by atoms with Crippen LogP contribution in [-0.4, -0.2) is 33.1 Å². The van der Waals surface area contributed by atoms with Gasteiger partial charge >= 0.3 is 5.97 Å². The Balaban J connectivity index is 2.06. The molecule has 2 rings (SSSR count). The highest BCUT2D eigenvalue weighted by Crippen LogP contribution is 2.45. The number of nitrogens with zero attached hydrogens (tertiary/aromatic N) is 2. The van der Waals surface area contributed by atoms with E-state index in [9.17, 15) is 9.59 Å². The first-order valence-electron chi connectivity index (χ1n) is 6.11. The normalized spacial score (nSPS) is 17.0. The molecule has 1 aliphatic carbocycles. The molecule has 1 aliphatic rings. The highest BCUT2D eigenvalue weighted by atomic mass is 32.1. The van der Waals surface area contributed by atoms with Gasteiger partial charge in [0.1, 0.15) is 4.88 Å². The van der Waals surface area contributed by atoms with Crippen molar-refractivity contribution in [2.24, 2.45) is 5.41 Å². The van der Waals surface area contributed by atoms with Gasteiger partial charge in [-0.3, -0.25) is 9.59 Å². The molecule has 6 nitrogen and oxygen atoms in total. The van der Waals surface area contributed by atoms with Gasteiger partial charge in [-0.15, -0.1) is 5.10 Å². The number of nitrogens with one attached hydrogen (secondary N) is 1. The van der Waals surface area contributed by atoms with Gasteiger partial charge < -0.3 is 10.4 Å². The Morgan fingerprint density at radius 1 is 1.42 bits per heavy atom. The number of aromatic nitrogens is 2. The molecule has 0 unspecified atom stereocenters. The summed E-state index contributed by atoms with van der Waals surface area (Å²) in [6, 6.07) is 0. The number of rotatable bonds is 4. The monoisotopic (exact) mass is 283 g/mol. The van der Waals surface area contributed by atoms with Crippen LogP contribution in [0.5, 0.6) is 0 Å². The minimum absolute atomic E-state index is 0.169. The Morgan fingerprint density at radius 3 is 2.53 bits per heavy atom. The molecule has 0 atom stereocenters. The SMILES string of the molecule is CC(C)(C)c1nnsc1C(=O)NCC1(C(=O)O)CC1. The van der Waals surface area contributed by atoms with Crippen molar-refractivity contribution in [1.29, 1.82) is 0 Å². The average molecular weight is 283 g/mol. The first-order chi connectivity index (χ1) is 8.76. The second-order valence-electron chi connectivity index (χ2n) is 5.97. The maximum Gasteiger partial charge on any atom is 0.311 e. The van der Waals surface area contributed by atoms with E-state index in [0.717, 1.165) is 11.5 Å². The first-order valence-corrected chi connectivity index (χ1v) is 6.88. The molecule has 1 aromatic rings. The summed E-state index contributed by atoms with van der Waals surface area (Å²) in [5, 5.41) is 15.7. The average Bonchev–Trinajstić information content (AvgIpc) is 2.92. The van der Waals surface area contributed by atoms with Crippen LogP contribution < -0.4 is 5.32 Å². The van der Waals surface area contributed by atoms with Crippen molar-refractivity contribution < 1.29 is 14.7 Å². The van der Waals surface area contributed by atoms with E-state index in [4.69, 9.17) is 5.11 Å². The summed E-state index contributed by atoms with van der Waals surface area (Å²) >= 11 is 1.04. The number of carbonyl (C=O) groups is 2. The summed E-state index contributed by atoms with van der Waals surface area (Å²) in [5.41, 5.74) is -0.366. The summed E-state index contributed by atoms with van der Waals surface area (Å²) in [4.78, 5) is 23.6. The van der Waals surface area contributed by atoms with Gasteiger partial charge in [-0.1, -0.05) is 25.3 Å². The molecule has 7 heteroatoms. The van der Waals surface area contributed by atoms with Crippen LogP contribution in [0.25, 0.3) is 0 Å². The Labute approximate surface area is 115 Å². The molecule has 0 saturated heterocycles. The standard InChI is InChI=1S/C12H17N3O3S/c1-11(2,3)8-7(19-15-14-8)9(16)13-6-12(4-5-12)10(17)18/h4-6H2,1-3H3,(H,13,16)(H,17,18). The van der Waals surface area contributed by atoms with Crippen LogP contribution in [0.15, 0.2) is 0 Å². The van der Waals surface area contributed by atoms with E-state index in [0.29, 0.717) is 23.4 Å². The zero-order valence-electron chi connectivity index (χ0n) is 11.2. The smallest absolute Gasteiger partial charge is 0.311 e. The quantitative estimate of drug-likeness (QED) is 0.872. The lowest BCUT2D eigenvalue weighted by molar-refractivity contribution is -0.143. The van der Waals surface area contributed by atoms with Gasteiger partial charge in [0.2, 0.25) is 0 Å². The van der Waals surface area contributed by atoms with Crippen molar-refractivity contribution in [2.45, 2.75) is 39.0 Å². The molecule has 1 fully saturated rings. The second kappa shape index (κ2) is 4.56. The predicted octanol–water partition coefficient (Wildman–Crippen LogP) is 1.43. The largest absolute Gasteiger partial charge is 0.481 e. The molecule has 0 aromatic carbocycles. The van der Waals surface area contributed by atoms with Crippen molar-refractivity contribution in [3.05, 3.63) is 10.6 Å². The maximum atomic E-state index is 12.1. The number of amides is 1. The van der Waals surface area contributed by atoms with Crippen LogP contribution in [0.1, 0.15) is 49.0 Å². The summed E-state index contributed by atoms with van der Waals surface area (Å²) in [6.07, 6.45) is 1.24. The van der Waals surface area contributed by atoms with Gasteiger partial charge in [-0.2, -0.15) is 0 Å². The number of hydrogen-bond acceptors (Lipinski definition) is 5. The Hall–Kier alpha value is -1.50. The topological polar surface area (TPSA) is 92.2 Å². The van der Waals surface area contributed by atoms with E-state index in [1.807, 2.05) is 20.8 Å². The van der Waals surface area contributed by atoms with Gasteiger partial charge in [0.25, 0.3) is 5.91 Å². The van der Waals surface area contributed by atoms with E-state index in [1.165, 1.54) is 0 Å². The van der Waals surface area contributed by atoms with Crippen molar-refractivity contribution in [2.75, 3.05) is 6.54 Å². The van der Waals surface area contributed by atoms with Crippen molar-refractivity contribution in [3.8, 4) is 0 Å². The molecule has 0 radical (unpaired) electrons. The number of carboxylic acids is 1. The maximum absolute atomic E-state index is 12.1. The van der Waals surface area contributed by atoms with Crippen LogP contribution in [0, 0.1) is 5.41 Å². The van der Waals surface area contributed by atoms with Gasteiger partial charge in [-0.05, 0) is 24.4 Å². The minimum Gasteiger partial charge on any atom is -0.481 e. The van der Waals surface area contributed by atoms with E-state index in [-0.39, 0.29) is 17.9 Å². The lowest BCUT2D eigenvalue weighted by atomic mass is 9.91. The Kier molecular flexibility index (Phi) is 3.34. The lowest BCUT2D eigenvalue weighted by Gasteiger charge is -2.16. The van der Waals surface area contributed by atoms with Crippen molar-refractivity contribution >= 4 is 23.4 Å². The molecule has 0 aliphatic heterocycles. The molecule has 1 amide bonds. The Bertz CT molecular complexity index is 515. The highest BCUT2D eigenvalue weighted by molar-refractivity contribution is 7.08. The number of carboxylic acid groups (broad SMARTS) is 1. The molecule has 2 N–H and O–H groups in total. The van der Waals surface area contributed by atoms with Gasteiger partial charge in [0.15, 0.2) is 0 Å². The third kappa shape index (κ3) is 2.75. The fourth-order valence-corrected chi connectivity index (χ4v) is 2.57. The van der Waals surface area contributed by atoms with Gasteiger partial charge in [-0.25, -0.2) is 0 Å².